The molecule has 0 bridgehead atoms. The maximum absolute atomic E-state index is 13.0. The number of Topliss-reactive ketones (excluding diaryl/α,β-unsaturated/α-hetero) is 1. The third-order valence-electron chi connectivity index (χ3n) is 5.28. The van der Waals surface area contributed by atoms with E-state index in [2.05, 4.69) is 4.98 Å². The van der Waals surface area contributed by atoms with Crippen LogP contribution in [0.5, 0.6) is 0 Å². The zero-order valence-corrected chi connectivity index (χ0v) is 17.8. The lowest BCUT2D eigenvalue weighted by atomic mass is 9.99. The van der Waals surface area contributed by atoms with E-state index in [0.717, 1.165) is 12.1 Å². The second-order valence-electron chi connectivity index (χ2n) is 7.32. The molecule has 0 aliphatic heterocycles. The summed E-state index contributed by atoms with van der Waals surface area (Å²) in [5, 5.41) is 18.8. The summed E-state index contributed by atoms with van der Waals surface area (Å²) in [6.45, 7) is 0. The molecule has 9 heteroatoms. The molecular weight excluding hydrogens is 463 g/mol. The molecule has 5 rings (SSSR count). The Morgan fingerprint density at radius 1 is 1.03 bits per heavy atom. The van der Waals surface area contributed by atoms with Crippen LogP contribution in [0.3, 0.4) is 0 Å². The van der Waals surface area contributed by atoms with E-state index < -0.39 is 11.7 Å². The van der Waals surface area contributed by atoms with Crippen LogP contribution in [-0.4, -0.2) is 10.8 Å². The standard InChI is InChI=1S/C25H10F3N3O2S/c26-25(27,28)15-7-5-13(6-8-15)23-31-24-20(33-23)10-16(34-24)9-19-21(14(11-29)12-30)17-3-1-2-4-18(17)22(19)32/h1-10H/b19-9-. The van der Waals surface area contributed by atoms with E-state index in [4.69, 9.17) is 4.42 Å². The summed E-state index contributed by atoms with van der Waals surface area (Å²) >= 11 is 1.21. The van der Waals surface area contributed by atoms with E-state index in [1.807, 2.05) is 12.1 Å². The first-order chi connectivity index (χ1) is 16.3. The number of alkyl halides is 3. The summed E-state index contributed by atoms with van der Waals surface area (Å²) in [5.41, 5.74) is 1.33. The van der Waals surface area contributed by atoms with Crippen molar-refractivity contribution in [1.82, 2.24) is 4.98 Å². The lowest BCUT2D eigenvalue weighted by Gasteiger charge is -2.05. The van der Waals surface area contributed by atoms with Gasteiger partial charge in [-0.15, -0.1) is 11.3 Å². The molecule has 4 aromatic rings. The molecule has 2 aromatic carbocycles. The first kappa shape index (κ1) is 21.4. The zero-order valence-electron chi connectivity index (χ0n) is 17.0. The Morgan fingerprint density at radius 3 is 2.32 bits per heavy atom. The Hall–Kier alpha value is -4.47. The molecular formula is C25H10F3N3O2S. The molecule has 164 valence electrons. The molecule has 34 heavy (non-hydrogen) atoms. The number of allylic oxidation sites excluding steroid dienone is 3. The van der Waals surface area contributed by atoms with Crippen molar-refractivity contribution >= 4 is 39.2 Å². The molecule has 0 spiro atoms. The van der Waals surface area contributed by atoms with Crippen LogP contribution in [0.4, 0.5) is 13.2 Å². The smallest absolute Gasteiger partial charge is 0.416 e. The highest BCUT2D eigenvalue weighted by Crippen LogP contribution is 2.41. The maximum Gasteiger partial charge on any atom is 0.416 e. The average molecular weight is 473 g/mol. The van der Waals surface area contributed by atoms with Gasteiger partial charge < -0.3 is 4.42 Å². The molecule has 2 aromatic heterocycles. The van der Waals surface area contributed by atoms with Crippen molar-refractivity contribution in [3.05, 3.63) is 87.3 Å². The first-order valence-electron chi connectivity index (χ1n) is 9.79. The van der Waals surface area contributed by atoms with Gasteiger partial charge in [0.15, 0.2) is 16.2 Å². The van der Waals surface area contributed by atoms with E-state index in [-0.39, 0.29) is 28.4 Å². The van der Waals surface area contributed by atoms with Gasteiger partial charge in [-0.2, -0.15) is 28.7 Å². The van der Waals surface area contributed by atoms with Crippen LogP contribution < -0.4 is 0 Å². The van der Waals surface area contributed by atoms with Crippen molar-refractivity contribution in [1.29, 1.82) is 10.5 Å². The third-order valence-corrected chi connectivity index (χ3v) is 6.24. The third kappa shape index (κ3) is 3.49. The minimum absolute atomic E-state index is 0.160. The number of carbonyl (C=O) groups excluding carboxylic acids is 1. The van der Waals surface area contributed by atoms with Gasteiger partial charge in [-0.05, 0) is 35.9 Å². The number of hydrogen-bond donors (Lipinski definition) is 0. The van der Waals surface area contributed by atoms with Gasteiger partial charge in [-0.25, -0.2) is 0 Å². The molecule has 2 heterocycles. The van der Waals surface area contributed by atoms with Crippen LogP contribution >= 0.6 is 11.3 Å². The molecule has 0 N–H and O–H groups in total. The SMILES string of the molecule is N#CC(C#N)=C1/C(=C/c2cc3oc(-c4ccc(C(F)(F)F)cc4)nc3s2)C(=O)c2ccccc21. The van der Waals surface area contributed by atoms with Gasteiger partial charge in [-0.3, -0.25) is 4.79 Å². The number of rotatable bonds is 2. The summed E-state index contributed by atoms with van der Waals surface area (Å²) in [6.07, 6.45) is -2.84. The Bertz CT molecular complexity index is 1580. The largest absolute Gasteiger partial charge is 0.435 e. The number of fused-ring (bicyclic) bond motifs is 2. The number of nitriles is 2. The number of ketones is 1. The van der Waals surface area contributed by atoms with E-state index in [9.17, 15) is 28.5 Å². The highest BCUT2D eigenvalue weighted by atomic mass is 32.1. The topological polar surface area (TPSA) is 90.7 Å². The monoisotopic (exact) mass is 473 g/mol. The van der Waals surface area contributed by atoms with Crippen LogP contribution in [0.15, 0.2) is 70.2 Å². The van der Waals surface area contributed by atoms with Gasteiger partial charge in [0, 0.05) is 33.2 Å². The molecule has 1 aliphatic carbocycles. The summed E-state index contributed by atoms with van der Waals surface area (Å²) in [5.74, 6) is -0.118. The van der Waals surface area contributed by atoms with Crippen molar-refractivity contribution in [2.24, 2.45) is 0 Å². The van der Waals surface area contributed by atoms with E-state index in [1.54, 1.807) is 36.4 Å². The fourth-order valence-electron chi connectivity index (χ4n) is 3.74. The predicted octanol–water partition coefficient (Wildman–Crippen LogP) is 6.66. The normalized spacial score (nSPS) is 14.3. The van der Waals surface area contributed by atoms with Crippen LogP contribution in [0.1, 0.15) is 26.4 Å². The van der Waals surface area contributed by atoms with Crippen molar-refractivity contribution in [3.8, 4) is 23.6 Å². The lowest BCUT2D eigenvalue weighted by Crippen LogP contribution is -2.03. The minimum atomic E-state index is -4.43. The van der Waals surface area contributed by atoms with Crippen LogP contribution in [0.25, 0.3) is 33.5 Å². The number of aromatic nitrogens is 1. The number of nitrogens with zero attached hydrogens (tertiary/aromatic N) is 3. The van der Waals surface area contributed by atoms with Crippen LogP contribution in [0.2, 0.25) is 0 Å². The summed E-state index contributed by atoms with van der Waals surface area (Å²) in [7, 11) is 0. The number of benzene rings is 2. The summed E-state index contributed by atoms with van der Waals surface area (Å²) in [4.78, 5) is 18.5. The van der Waals surface area contributed by atoms with Crippen molar-refractivity contribution in [2.45, 2.75) is 6.18 Å². The number of hydrogen-bond acceptors (Lipinski definition) is 6. The van der Waals surface area contributed by atoms with E-state index >= 15 is 0 Å². The van der Waals surface area contributed by atoms with Gasteiger partial charge in [-0.1, -0.05) is 24.3 Å². The predicted molar refractivity (Wildman–Crippen MR) is 119 cm³/mol. The molecule has 0 unspecified atom stereocenters. The first-order valence-corrected chi connectivity index (χ1v) is 10.6. The minimum Gasteiger partial charge on any atom is -0.435 e. The Labute approximate surface area is 194 Å². The Balaban J connectivity index is 1.54. The second kappa shape index (κ2) is 7.84. The van der Waals surface area contributed by atoms with E-state index in [0.29, 0.717) is 32.0 Å². The molecule has 0 saturated carbocycles. The number of carbonyl (C=O) groups is 1. The van der Waals surface area contributed by atoms with Gasteiger partial charge in [0.2, 0.25) is 5.89 Å². The van der Waals surface area contributed by atoms with Crippen molar-refractivity contribution in [2.75, 3.05) is 0 Å². The Morgan fingerprint density at radius 2 is 1.71 bits per heavy atom. The highest BCUT2D eigenvalue weighted by Gasteiger charge is 2.32. The fraction of sp³-hybridized carbons (Fsp3) is 0.0400. The molecule has 1 aliphatic rings. The Kier molecular flexibility index (Phi) is 4.93. The molecule has 0 fully saturated rings. The molecule has 5 nitrogen and oxygen atoms in total. The zero-order chi connectivity index (χ0) is 24.0. The fourth-order valence-corrected chi connectivity index (χ4v) is 4.63. The second-order valence-corrected chi connectivity index (χ2v) is 8.38. The lowest BCUT2D eigenvalue weighted by molar-refractivity contribution is -0.137. The van der Waals surface area contributed by atoms with Crippen molar-refractivity contribution < 1.29 is 22.4 Å². The van der Waals surface area contributed by atoms with Crippen LogP contribution in [-0.2, 0) is 6.18 Å². The van der Waals surface area contributed by atoms with Crippen molar-refractivity contribution in [3.63, 3.8) is 0 Å². The molecule has 0 saturated heterocycles. The molecule has 0 atom stereocenters. The number of halogens is 3. The quantitative estimate of drug-likeness (QED) is 0.240. The number of oxazole rings is 1. The van der Waals surface area contributed by atoms with Crippen LogP contribution in [0, 0.1) is 22.7 Å². The van der Waals surface area contributed by atoms with Gasteiger partial charge in [0.25, 0.3) is 0 Å². The average Bonchev–Trinajstić information content (AvgIpc) is 3.46. The highest BCUT2D eigenvalue weighted by molar-refractivity contribution is 7.19. The maximum atomic E-state index is 13.0. The van der Waals surface area contributed by atoms with E-state index in [1.165, 1.54) is 23.5 Å². The summed E-state index contributed by atoms with van der Waals surface area (Å²) < 4.78 is 44.1. The summed E-state index contributed by atoms with van der Waals surface area (Å²) in [6, 6.07) is 16.6. The molecule has 0 radical (unpaired) electrons. The number of thiophene rings is 1. The van der Waals surface area contributed by atoms with Gasteiger partial charge >= 0.3 is 6.18 Å². The molecule has 0 amide bonds. The van der Waals surface area contributed by atoms with Gasteiger partial charge in [0.05, 0.1) is 5.56 Å². The van der Waals surface area contributed by atoms with Gasteiger partial charge in [0.1, 0.15) is 17.7 Å².